The molecule has 108 valence electrons. The molecule has 1 aliphatic rings. The fourth-order valence-electron chi connectivity index (χ4n) is 3.18. The number of unbranched alkanes of at least 4 members (excludes halogenated alkanes) is 5. The van der Waals surface area contributed by atoms with Gasteiger partial charge in [0.05, 0.1) is 6.10 Å². The van der Waals surface area contributed by atoms with Crippen LogP contribution in [-0.2, 0) is 0 Å². The molecule has 1 heteroatoms. The third-order valence-electron chi connectivity index (χ3n) is 4.78. The zero-order chi connectivity index (χ0) is 13.4. The van der Waals surface area contributed by atoms with Crippen LogP contribution < -0.4 is 0 Å². The lowest BCUT2D eigenvalue weighted by molar-refractivity contribution is 0.0497. The van der Waals surface area contributed by atoms with Gasteiger partial charge < -0.3 is 5.11 Å². The Kier molecular flexibility index (Phi) is 7.29. The molecule has 0 heterocycles. The second-order valence-electron chi connectivity index (χ2n) is 7.13. The molecule has 0 aromatic heterocycles. The molecule has 0 amide bonds. The topological polar surface area (TPSA) is 20.2 Å². The van der Waals surface area contributed by atoms with E-state index in [4.69, 9.17) is 0 Å². The van der Waals surface area contributed by atoms with Crippen LogP contribution in [0.1, 0.15) is 91.4 Å². The molecule has 1 saturated carbocycles. The molecular formula is C17H34O. The first kappa shape index (κ1) is 16.0. The minimum absolute atomic E-state index is 0.0210. The van der Waals surface area contributed by atoms with Gasteiger partial charge in [0.1, 0.15) is 0 Å². The Balaban J connectivity index is 2.05. The van der Waals surface area contributed by atoms with Crippen LogP contribution in [0.15, 0.2) is 0 Å². The Hall–Kier alpha value is -0.0400. The fraction of sp³-hybridized carbons (Fsp3) is 1.00. The standard InChI is InChI=1S/C17H34O/c1-4-5-6-7-8-9-10-16(18)15-11-13-17(2,3)14-12-15/h15-16,18H,4-14H2,1-3H3. The maximum Gasteiger partial charge on any atom is 0.0568 e. The molecule has 1 nitrogen and oxygen atoms in total. The molecule has 0 aromatic carbocycles. The summed E-state index contributed by atoms with van der Waals surface area (Å²) in [5.41, 5.74) is 0.524. The summed E-state index contributed by atoms with van der Waals surface area (Å²) < 4.78 is 0. The van der Waals surface area contributed by atoms with Crippen molar-refractivity contribution in [2.75, 3.05) is 0 Å². The first-order chi connectivity index (χ1) is 8.55. The first-order valence-corrected chi connectivity index (χ1v) is 8.23. The fourth-order valence-corrected chi connectivity index (χ4v) is 3.18. The Morgan fingerprint density at radius 1 is 1.00 bits per heavy atom. The van der Waals surface area contributed by atoms with Gasteiger partial charge in [0.15, 0.2) is 0 Å². The molecule has 1 unspecified atom stereocenters. The van der Waals surface area contributed by atoms with Crippen molar-refractivity contribution in [3.05, 3.63) is 0 Å². The van der Waals surface area contributed by atoms with E-state index in [9.17, 15) is 5.11 Å². The maximum absolute atomic E-state index is 10.2. The van der Waals surface area contributed by atoms with Crippen LogP contribution in [0, 0.1) is 11.3 Å². The summed E-state index contributed by atoms with van der Waals surface area (Å²) in [5, 5.41) is 10.2. The molecule has 0 radical (unpaired) electrons. The highest BCUT2D eigenvalue weighted by molar-refractivity contribution is 4.81. The first-order valence-electron chi connectivity index (χ1n) is 8.23. The second kappa shape index (κ2) is 8.19. The molecule has 0 saturated heterocycles. The van der Waals surface area contributed by atoms with Crippen LogP contribution in [0.3, 0.4) is 0 Å². The van der Waals surface area contributed by atoms with Gasteiger partial charge in [0.2, 0.25) is 0 Å². The average Bonchev–Trinajstić information content (AvgIpc) is 2.33. The summed E-state index contributed by atoms with van der Waals surface area (Å²) in [7, 11) is 0. The van der Waals surface area contributed by atoms with Crippen LogP contribution in [0.5, 0.6) is 0 Å². The summed E-state index contributed by atoms with van der Waals surface area (Å²) in [6.45, 7) is 6.99. The van der Waals surface area contributed by atoms with Crippen molar-refractivity contribution in [3.8, 4) is 0 Å². The Bertz CT molecular complexity index is 200. The van der Waals surface area contributed by atoms with Gasteiger partial charge in [-0.05, 0) is 43.4 Å². The third kappa shape index (κ3) is 6.22. The lowest BCUT2D eigenvalue weighted by Gasteiger charge is -2.36. The van der Waals surface area contributed by atoms with Gasteiger partial charge in [0.25, 0.3) is 0 Å². The normalized spacial score (nSPS) is 22.0. The molecule has 0 bridgehead atoms. The Labute approximate surface area is 114 Å². The van der Waals surface area contributed by atoms with Crippen LogP contribution in [0.25, 0.3) is 0 Å². The van der Waals surface area contributed by atoms with Crippen molar-refractivity contribution in [1.29, 1.82) is 0 Å². The number of hydrogen-bond acceptors (Lipinski definition) is 1. The van der Waals surface area contributed by atoms with Gasteiger partial charge in [-0.15, -0.1) is 0 Å². The molecular weight excluding hydrogens is 220 g/mol. The largest absolute Gasteiger partial charge is 0.393 e. The van der Waals surface area contributed by atoms with Gasteiger partial charge in [-0.3, -0.25) is 0 Å². The van der Waals surface area contributed by atoms with Crippen LogP contribution in [-0.4, -0.2) is 11.2 Å². The van der Waals surface area contributed by atoms with E-state index in [0.29, 0.717) is 11.3 Å². The highest BCUT2D eigenvalue weighted by atomic mass is 16.3. The molecule has 1 N–H and O–H groups in total. The van der Waals surface area contributed by atoms with E-state index >= 15 is 0 Å². The molecule has 1 aliphatic carbocycles. The van der Waals surface area contributed by atoms with Crippen molar-refractivity contribution in [1.82, 2.24) is 0 Å². The smallest absolute Gasteiger partial charge is 0.0568 e. The van der Waals surface area contributed by atoms with Gasteiger partial charge in [-0.25, -0.2) is 0 Å². The quantitative estimate of drug-likeness (QED) is 0.582. The SMILES string of the molecule is CCCCCCCCC(O)C1CCC(C)(C)CC1. The van der Waals surface area contributed by atoms with E-state index in [-0.39, 0.29) is 6.10 Å². The number of rotatable bonds is 8. The molecule has 1 fully saturated rings. The van der Waals surface area contributed by atoms with Gasteiger partial charge >= 0.3 is 0 Å². The highest BCUT2D eigenvalue weighted by Crippen LogP contribution is 2.39. The van der Waals surface area contributed by atoms with Gasteiger partial charge in [0, 0.05) is 0 Å². The summed E-state index contributed by atoms with van der Waals surface area (Å²) in [4.78, 5) is 0. The monoisotopic (exact) mass is 254 g/mol. The van der Waals surface area contributed by atoms with Crippen molar-refractivity contribution in [2.45, 2.75) is 97.5 Å². The second-order valence-corrected chi connectivity index (χ2v) is 7.13. The van der Waals surface area contributed by atoms with Crippen molar-refractivity contribution in [3.63, 3.8) is 0 Å². The Morgan fingerprint density at radius 3 is 2.17 bits per heavy atom. The predicted molar refractivity (Wildman–Crippen MR) is 79.7 cm³/mol. The Morgan fingerprint density at radius 2 is 1.56 bits per heavy atom. The van der Waals surface area contributed by atoms with Crippen LogP contribution in [0.4, 0.5) is 0 Å². The number of aliphatic hydroxyl groups excluding tert-OH is 1. The molecule has 0 aromatic rings. The lowest BCUT2D eigenvalue weighted by Crippen LogP contribution is -2.29. The number of aliphatic hydroxyl groups is 1. The molecule has 1 atom stereocenters. The zero-order valence-electron chi connectivity index (χ0n) is 12.9. The van der Waals surface area contributed by atoms with E-state index in [1.165, 1.54) is 64.2 Å². The molecule has 0 spiro atoms. The van der Waals surface area contributed by atoms with Crippen molar-refractivity contribution >= 4 is 0 Å². The maximum atomic E-state index is 10.2. The minimum Gasteiger partial charge on any atom is -0.393 e. The molecule has 18 heavy (non-hydrogen) atoms. The predicted octanol–water partition coefficient (Wildman–Crippen LogP) is 5.31. The number of hydrogen-bond donors (Lipinski definition) is 1. The summed E-state index contributed by atoms with van der Waals surface area (Å²) in [6.07, 6.45) is 14.1. The van der Waals surface area contributed by atoms with Crippen LogP contribution >= 0.6 is 0 Å². The van der Waals surface area contributed by atoms with E-state index in [1.54, 1.807) is 0 Å². The lowest BCUT2D eigenvalue weighted by atomic mass is 9.71. The van der Waals surface area contributed by atoms with E-state index in [1.807, 2.05) is 0 Å². The van der Waals surface area contributed by atoms with E-state index in [0.717, 1.165) is 6.42 Å². The van der Waals surface area contributed by atoms with Gasteiger partial charge in [-0.2, -0.15) is 0 Å². The molecule has 1 rings (SSSR count). The van der Waals surface area contributed by atoms with Crippen molar-refractivity contribution in [2.24, 2.45) is 11.3 Å². The molecule has 0 aliphatic heterocycles. The highest BCUT2D eigenvalue weighted by Gasteiger charge is 2.30. The zero-order valence-corrected chi connectivity index (χ0v) is 12.9. The minimum atomic E-state index is -0.0210. The van der Waals surface area contributed by atoms with E-state index in [2.05, 4.69) is 20.8 Å². The van der Waals surface area contributed by atoms with Gasteiger partial charge in [-0.1, -0.05) is 59.3 Å². The summed E-state index contributed by atoms with van der Waals surface area (Å²) >= 11 is 0. The summed E-state index contributed by atoms with van der Waals surface area (Å²) in [5.74, 6) is 0.591. The van der Waals surface area contributed by atoms with Crippen LogP contribution in [0.2, 0.25) is 0 Å². The average molecular weight is 254 g/mol. The summed E-state index contributed by atoms with van der Waals surface area (Å²) in [6, 6.07) is 0. The van der Waals surface area contributed by atoms with E-state index < -0.39 is 0 Å². The third-order valence-corrected chi connectivity index (χ3v) is 4.78. The van der Waals surface area contributed by atoms with Crippen molar-refractivity contribution < 1.29 is 5.11 Å².